The number of amides is 1. The van der Waals surface area contributed by atoms with E-state index >= 15 is 0 Å². The lowest BCUT2D eigenvalue weighted by molar-refractivity contribution is -0.364. The molecule has 0 bridgehead atoms. The molecule has 1 amide bonds. The Morgan fingerprint density at radius 3 is 1.35 bits per heavy atom. The van der Waals surface area contributed by atoms with E-state index in [9.17, 15) is 61.5 Å². The van der Waals surface area contributed by atoms with Gasteiger partial charge in [-0.05, 0) is 41.5 Å². The monoisotopic (exact) mass is 1000 g/mol. The van der Waals surface area contributed by atoms with Crippen molar-refractivity contribution in [2.45, 2.75) is 175 Å². The summed E-state index contributed by atoms with van der Waals surface area (Å²) in [7, 11) is -5.30. The lowest BCUT2D eigenvalue weighted by atomic mass is 9.94. The normalized spacial score (nSPS) is 32.1. The predicted molar refractivity (Wildman–Crippen MR) is 218 cm³/mol. The second-order valence-electron chi connectivity index (χ2n) is 17.8. The molecular weight excluding hydrogens is 942 g/mol. The van der Waals surface area contributed by atoms with Crippen molar-refractivity contribution in [3.63, 3.8) is 0 Å². The van der Waals surface area contributed by atoms with Crippen LogP contribution in [0.5, 0.6) is 0 Å². The first kappa shape index (κ1) is 57.7. The van der Waals surface area contributed by atoms with Crippen LogP contribution in [-0.2, 0) is 110 Å². The maximum absolute atomic E-state index is 13.0. The van der Waals surface area contributed by atoms with Crippen LogP contribution in [0.1, 0.15) is 83.1 Å². The third-order valence-corrected chi connectivity index (χ3v) is 10.1. The Bertz CT molecular complexity index is 1950. The summed E-state index contributed by atoms with van der Waals surface area (Å²) in [6.45, 7) is 12.2. The Morgan fingerprint density at radius 2 is 0.912 bits per heavy atom. The first-order chi connectivity index (χ1) is 31.2. The van der Waals surface area contributed by atoms with E-state index in [0.717, 1.165) is 41.5 Å². The molecule has 0 spiro atoms. The van der Waals surface area contributed by atoms with Crippen LogP contribution >= 0.6 is 0 Å². The highest BCUT2D eigenvalue weighted by molar-refractivity contribution is 7.80. The van der Waals surface area contributed by atoms with Gasteiger partial charge in [0.05, 0.1) is 17.4 Å². The molecule has 15 atom stereocenters. The van der Waals surface area contributed by atoms with Gasteiger partial charge in [-0.3, -0.25) is 42.9 Å². The van der Waals surface area contributed by atoms with Crippen LogP contribution in [-0.4, -0.2) is 183 Å². The molecule has 0 aromatic rings. The van der Waals surface area contributed by atoms with E-state index in [2.05, 4.69) is 9.50 Å². The van der Waals surface area contributed by atoms with Crippen molar-refractivity contribution in [2.24, 2.45) is 10.8 Å². The summed E-state index contributed by atoms with van der Waals surface area (Å²) in [6.07, 6.45) is -27.0. The standard InChI is InChI=1S/C40H61NO26S/c1-16(42)41-25-29(66-36-33(62-21(6)47)31(60-19(4)45)28(59-18(3)44)24(65-36)14-56-38(51)40(10,11)12)26(48)22(15-57-68(52,53)54)64-35(25)67-30-27(58-17(2)43)23(13-55-37(50)39(7,8)9)63-34(49)32(30)61-20(5)46/h22-36,48-49H,13-15H2,1-12H3,(H,41,42)(H,52,53,54)/t22-,23-,24-,25-,26-,27+,28+,29-,30+,31+,32-,33-,34-,35+,36+/m1/s1. The molecule has 3 aliphatic heterocycles. The number of hydrogen-bond acceptors (Lipinski definition) is 25. The average Bonchev–Trinajstić information content (AvgIpc) is 3.17. The molecule has 27 nitrogen and oxygen atoms in total. The van der Waals surface area contributed by atoms with Gasteiger partial charge in [0.2, 0.25) is 5.91 Å². The molecule has 4 N–H and O–H groups in total. The van der Waals surface area contributed by atoms with Gasteiger partial charge in [0.25, 0.3) is 0 Å². The predicted octanol–water partition coefficient (Wildman–Crippen LogP) is -1.55. The van der Waals surface area contributed by atoms with Gasteiger partial charge < -0.3 is 72.4 Å². The molecule has 388 valence electrons. The number of carbonyl (C=O) groups is 8. The second-order valence-corrected chi connectivity index (χ2v) is 18.9. The Kier molecular flexibility index (Phi) is 20.2. The summed E-state index contributed by atoms with van der Waals surface area (Å²) >= 11 is 0. The fraction of sp³-hybridized carbons (Fsp3) is 0.800. The zero-order valence-electron chi connectivity index (χ0n) is 39.4. The Labute approximate surface area is 391 Å². The van der Waals surface area contributed by atoms with E-state index in [1.54, 1.807) is 0 Å². The highest BCUT2D eigenvalue weighted by Gasteiger charge is 2.58. The number of rotatable bonds is 17. The van der Waals surface area contributed by atoms with Crippen LogP contribution in [0.3, 0.4) is 0 Å². The lowest BCUT2D eigenvalue weighted by Crippen LogP contribution is -2.70. The van der Waals surface area contributed by atoms with E-state index in [4.69, 9.17) is 56.8 Å². The van der Waals surface area contributed by atoms with Crippen LogP contribution in [0.4, 0.5) is 0 Å². The summed E-state index contributed by atoms with van der Waals surface area (Å²) in [4.78, 5) is 101. The second kappa shape index (κ2) is 23.8. The Balaban J connectivity index is 2.29. The molecule has 3 heterocycles. The molecule has 68 heavy (non-hydrogen) atoms. The average molecular weight is 1000 g/mol. The fourth-order valence-electron chi connectivity index (χ4n) is 6.87. The van der Waals surface area contributed by atoms with Crippen LogP contribution < -0.4 is 5.32 Å². The zero-order valence-corrected chi connectivity index (χ0v) is 40.2. The number of nitrogens with one attached hydrogen (secondary N) is 1. The van der Waals surface area contributed by atoms with Crippen LogP contribution in [0.15, 0.2) is 0 Å². The summed E-state index contributed by atoms with van der Waals surface area (Å²) < 4.78 is 106. The maximum Gasteiger partial charge on any atom is 0.397 e. The minimum atomic E-state index is -5.30. The maximum atomic E-state index is 13.0. The van der Waals surface area contributed by atoms with Gasteiger partial charge in [0.1, 0.15) is 55.9 Å². The summed E-state index contributed by atoms with van der Waals surface area (Å²) in [5, 5.41) is 25.6. The van der Waals surface area contributed by atoms with Crippen molar-refractivity contribution in [1.82, 2.24) is 5.32 Å². The zero-order chi connectivity index (χ0) is 51.8. The first-order valence-electron chi connectivity index (χ1n) is 20.9. The van der Waals surface area contributed by atoms with Crippen molar-refractivity contribution in [3.05, 3.63) is 0 Å². The first-order valence-corrected chi connectivity index (χ1v) is 22.3. The summed E-state index contributed by atoms with van der Waals surface area (Å²) in [6, 6.07) is -1.89. The summed E-state index contributed by atoms with van der Waals surface area (Å²) in [5.74, 6) is -7.59. The third kappa shape index (κ3) is 16.8. The van der Waals surface area contributed by atoms with Gasteiger partial charge in [-0.2, -0.15) is 8.42 Å². The van der Waals surface area contributed by atoms with Crippen molar-refractivity contribution in [2.75, 3.05) is 19.8 Å². The van der Waals surface area contributed by atoms with Gasteiger partial charge in [0, 0.05) is 41.5 Å². The number of esters is 7. The van der Waals surface area contributed by atoms with Crippen LogP contribution in [0.25, 0.3) is 0 Å². The number of hydrogen-bond donors (Lipinski definition) is 4. The molecule has 0 aromatic heterocycles. The molecular formula is C40H61NO26S. The van der Waals surface area contributed by atoms with E-state index < -0.39 is 181 Å². The fourth-order valence-corrected chi connectivity index (χ4v) is 7.17. The Morgan fingerprint density at radius 1 is 0.515 bits per heavy atom. The SMILES string of the molecule is CC(=O)N[C@H]1[C@H](O[C@@H]2[C@@H](OC(C)=O)[C@H](O)O[C@H](COC(=O)C(C)(C)C)[C@@H]2OC(C)=O)O[C@H](COS(=O)(=O)O)[C@@H](O)[C@@H]1O[C@@H]1O[C@H](COC(=O)C(C)(C)C)[C@H](OC(C)=O)[C@H](OC(C)=O)[C@H]1OC(C)=O. The van der Waals surface area contributed by atoms with E-state index in [-0.39, 0.29) is 0 Å². The quantitative estimate of drug-likeness (QED) is 0.0728. The summed E-state index contributed by atoms with van der Waals surface area (Å²) in [5.41, 5.74) is -2.16. The molecule has 0 saturated carbocycles. The molecule has 0 aliphatic carbocycles. The van der Waals surface area contributed by atoms with Crippen molar-refractivity contribution < 1.29 is 123 Å². The van der Waals surface area contributed by atoms with E-state index in [1.807, 2.05) is 0 Å². The third-order valence-electron chi connectivity index (χ3n) is 9.70. The molecule has 28 heteroatoms. The van der Waals surface area contributed by atoms with Crippen LogP contribution in [0, 0.1) is 10.8 Å². The molecule has 0 aromatic carbocycles. The molecule has 3 rings (SSSR count). The van der Waals surface area contributed by atoms with Crippen molar-refractivity contribution in [1.29, 1.82) is 0 Å². The topological polar surface area (TPSA) is 363 Å². The van der Waals surface area contributed by atoms with Gasteiger partial charge in [-0.25, -0.2) is 4.18 Å². The van der Waals surface area contributed by atoms with E-state index in [0.29, 0.717) is 0 Å². The molecule has 0 unspecified atom stereocenters. The lowest BCUT2D eigenvalue weighted by Gasteiger charge is -2.50. The van der Waals surface area contributed by atoms with Crippen molar-refractivity contribution >= 4 is 58.1 Å². The number of ether oxygens (including phenoxy) is 12. The van der Waals surface area contributed by atoms with Gasteiger partial charge in [-0.1, -0.05) is 0 Å². The van der Waals surface area contributed by atoms with Gasteiger partial charge in [0.15, 0.2) is 49.4 Å². The number of aliphatic hydroxyl groups excluding tert-OH is 2. The van der Waals surface area contributed by atoms with Crippen LogP contribution in [0.2, 0.25) is 0 Å². The molecule has 0 radical (unpaired) electrons. The largest absolute Gasteiger partial charge is 0.462 e. The molecule has 3 fully saturated rings. The smallest absolute Gasteiger partial charge is 0.397 e. The minimum absolute atomic E-state index is 0.714. The highest BCUT2D eigenvalue weighted by Crippen LogP contribution is 2.37. The van der Waals surface area contributed by atoms with Gasteiger partial charge in [-0.15, -0.1) is 0 Å². The number of carbonyl (C=O) groups excluding carboxylic acids is 8. The highest BCUT2D eigenvalue weighted by atomic mass is 32.3. The van der Waals surface area contributed by atoms with Crippen molar-refractivity contribution in [3.8, 4) is 0 Å². The van der Waals surface area contributed by atoms with Gasteiger partial charge >= 0.3 is 52.2 Å². The number of aliphatic hydroxyl groups is 2. The Hall–Kier alpha value is -4.65. The molecule has 3 saturated heterocycles. The van der Waals surface area contributed by atoms with E-state index in [1.165, 1.54) is 41.5 Å². The molecule has 3 aliphatic rings. The minimum Gasteiger partial charge on any atom is -0.462 e.